The van der Waals surface area contributed by atoms with E-state index in [1.165, 1.54) is 18.2 Å². The van der Waals surface area contributed by atoms with Gasteiger partial charge in [0.2, 0.25) is 0 Å². The van der Waals surface area contributed by atoms with Gasteiger partial charge < -0.3 is 9.64 Å². The Hall–Kier alpha value is -1.57. The largest absolute Gasteiger partial charge is 0.468 e. The van der Waals surface area contributed by atoms with Crippen molar-refractivity contribution in [2.24, 2.45) is 0 Å². The number of carbonyl (C=O) groups is 2. The fourth-order valence-corrected chi connectivity index (χ4v) is 2.60. The Morgan fingerprint density at radius 1 is 1.48 bits per heavy atom. The number of methoxy groups -OCH3 is 1. The molecule has 1 aliphatic heterocycles. The number of ether oxygens (including phenoxy) is 1. The molecule has 0 aliphatic carbocycles. The van der Waals surface area contributed by atoms with E-state index in [1.807, 2.05) is 0 Å². The van der Waals surface area contributed by atoms with Crippen LogP contribution in [0.3, 0.4) is 0 Å². The van der Waals surface area contributed by atoms with Crippen LogP contribution in [0.1, 0.15) is 21.8 Å². The Morgan fingerprint density at radius 3 is 2.71 bits per heavy atom. The predicted octanol–water partition coefficient (Wildman–Crippen LogP) is 2.72. The standard InChI is InChI=1S/C13H11BrF3NO3/c1-21-11(19)6-18-5-10(13(15,16)17)9-4-7(14)2-3-8(9)12(18)20/h2-4,10H,5-6H2,1H3. The molecule has 114 valence electrons. The van der Waals surface area contributed by atoms with Crippen LogP contribution in [-0.2, 0) is 9.53 Å². The number of esters is 1. The summed E-state index contributed by atoms with van der Waals surface area (Å²) >= 11 is 3.10. The number of hydrogen-bond acceptors (Lipinski definition) is 3. The summed E-state index contributed by atoms with van der Waals surface area (Å²) in [6.07, 6.45) is -4.51. The summed E-state index contributed by atoms with van der Waals surface area (Å²) in [7, 11) is 1.11. The van der Waals surface area contributed by atoms with E-state index >= 15 is 0 Å². The van der Waals surface area contributed by atoms with E-state index in [-0.39, 0.29) is 11.1 Å². The number of amides is 1. The van der Waals surface area contributed by atoms with Crippen molar-refractivity contribution in [2.75, 3.05) is 20.2 Å². The molecule has 0 saturated carbocycles. The third-order valence-electron chi connectivity index (χ3n) is 3.25. The molecule has 1 amide bonds. The minimum absolute atomic E-state index is 0.0457. The molecule has 2 rings (SSSR count). The van der Waals surface area contributed by atoms with E-state index in [9.17, 15) is 22.8 Å². The van der Waals surface area contributed by atoms with Gasteiger partial charge in [0.25, 0.3) is 5.91 Å². The van der Waals surface area contributed by atoms with Gasteiger partial charge in [-0.3, -0.25) is 9.59 Å². The Morgan fingerprint density at radius 2 is 2.14 bits per heavy atom. The molecule has 1 aliphatic rings. The van der Waals surface area contributed by atoms with Crippen LogP contribution in [-0.4, -0.2) is 43.2 Å². The van der Waals surface area contributed by atoms with E-state index < -0.39 is 37.1 Å². The zero-order valence-electron chi connectivity index (χ0n) is 10.9. The first-order chi connectivity index (χ1) is 9.74. The van der Waals surface area contributed by atoms with Gasteiger partial charge in [-0.25, -0.2) is 0 Å². The molecule has 0 saturated heterocycles. The molecule has 1 aromatic rings. The monoisotopic (exact) mass is 365 g/mol. The molecular formula is C13H11BrF3NO3. The zero-order valence-corrected chi connectivity index (χ0v) is 12.5. The van der Waals surface area contributed by atoms with Crippen molar-refractivity contribution < 1.29 is 27.5 Å². The van der Waals surface area contributed by atoms with Gasteiger partial charge in [0.1, 0.15) is 6.54 Å². The first kappa shape index (κ1) is 15.8. The molecule has 1 atom stereocenters. The van der Waals surface area contributed by atoms with Crippen LogP contribution in [0, 0.1) is 0 Å². The van der Waals surface area contributed by atoms with Crippen LogP contribution in [0.4, 0.5) is 13.2 Å². The van der Waals surface area contributed by atoms with Crippen LogP contribution < -0.4 is 0 Å². The first-order valence-electron chi connectivity index (χ1n) is 5.96. The average molecular weight is 366 g/mol. The highest BCUT2D eigenvalue weighted by molar-refractivity contribution is 9.10. The molecule has 0 N–H and O–H groups in total. The lowest BCUT2D eigenvalue weighted by Gasteiger charge is -2.34. The molecule has 0 spiro atoms. The fourth-order valence-electron chi connectivity index (χ4n) is 2.23. The highest BCUT2D eigenvalue weighted by Crippen LogP contribution is 2.41. The minimum Gasteiger partial charge on any atom is -0.468 e. The molecule has 8 heteroatoms. The molecule has 0 bridgehead atoms. The van der Waals surface area contributed by atoms with Gasteiger partial charge in [-0.05, 0) is 23.8 Å². The quantitative estimate of drug-likeness (QED) is 0.757. The molecule has 0 radical (unpaired) electrons. The number of nitrogens with zero attached hydrogens (tertiary/aromatic N) is 1. The van der Waals surface area contributed by atoms with Crippen molar-refractivity contribution in [1.82, 2.24) is 4.90 Å². The molecule has 21 heavy (non-hydrogen) atoms. The third kappa shape index (κ3) is 3.20. The molecular weight excluding hydrogens is 355 g/mol. The molecule has 4 nitrogen and oxygen atoms in total. The normalized spacial score (nSPS) is 18.4. The average Bonchev–Trinajstić information content (AvgIpc) is 2.40. The second kappa shape index (κ2) is 5.67. The predicted molar refractivity (Wildman–Crippen MR) is 70.9 cm³/mol. The van der Waals surface area contributed by atoms with Gasteiger partial charge in [0, 0.05) is 16.6 Å². The third-order valence-corrected chi connectivity index (χ3v) is 3.75. The van der Waals surface area contributed by atoms with Crippen molar-refractivity contribution in [2.45, 2.75) is 12.1 Å². The first-order valence-corrected chi connectivity index (χ1v) is 6.75. The lowest BCUT2D eigenvalue weighted by molar-refractivity contribution is -0.157. The summed E-state index contributed by atoms with van der Waals surface area (Å²) in [6, 6.07) is 4.11. The van der Waals surface area contributed by atoms with Crippen molar-refractivity contribution in [3.63, 3.8) is 0 Å². The van der Waals surface area contributed by atoms with Gasteiger partial charge in [0.15, 0.2) is 0 Å². The second-order valence-corrected chi connectivity index (χ2v) is 5.50. The highest BCUT2D eigenvalue weighted by atomic mass is 79.9. The number of hydrogen-bond donors (Lipinski definition) is 0. The van der Waals surface area contributed by atoms with Crippen LogP contribution >= 0.6 is 15.9 Å². The molecule has 0 aromatic heterocycles. The molecule has 1 aromatic carbocycles. The van der Waals surface area contributed by atoms with Gasteiger partial charge in [-0.15, -0.1) is 0 Å². The number of carbonyl (C=O) groups excluding carboxylic acids is 2. The second-order valence-electron chi connectivity index (χ2n) is 4.59. The Kier molecular flexibility index (Phi) is 4.27. The van der Waals surface area contributed by atoms with Crippen molar-refractivity contribution in [3.8, 4) is 0 Å². The maximum Gasteiger partial charge on any atom is 0.397 e. The summed E-state index contributed by atoms with van der Waals surface area (Å²) in [5, 5.41) is 0. The SMILES string of the molecule is COC(=O)CN1CC(C(F)(F)F)c2cc(Br)ccc2C1=O. The number of benzene rings is 1. The van der Waals surface area contributed by atoms with Crippen molar-refractivity contribution in [1.29, 1.82) is 0 Å². The van der Waals surface area contributed by atoms with Crippen LogP contribution in [0.15, 0.2) is 22.7 Å². The Balaban J connectivity index is 2.45. The summed E-state index contributed by atoms with van der Waals surface area (Å²) in [6.45, 7) is -1.10. The van der Waals surface area contributed by atoms with Gasteiger partial charge in [0.05, 0.1) is 13.0 Å². The van der Waals surface area contributed by atoms with E-state index in [4.69, 9.17) is 0 Å². The topological polar surface area (TPSA) is 46.6 Å². The van der Waals surface area contributed by atoms with E-state index in [0.717, 1.165) is 12.0 Å². The van der Waals surface area contributed by atoms with Crippen molar-refractivity contribution in [3.05, 3.63) is 33.8 Å². The fraction of sp³-hybridized carbons (Fsp3) is 0.385. The number of rotatable bonds is 2. The Bertz CT molecular complexity index is 589. The summed E-state index contributed by atoms with van der Waals surface area (Å²) in [4.78, 5) is 24.3. The highest BCUT2D eigenvalue weighted by Gasteiger charge is 2.47. The van der Waals surface area contributed by atoms with Gasteiger partial charge in [-0.2, -0.15) is 13.2 Å². The number of halogens is 4. The van der Waals surface area contributed by atoms with E-state index in [2.05, 4.69) is 20.7 Å². The van der Waals surface area contributed by atoms with Crippen LogP contribution in [0.25, 0.3) is 0 Å². The minimum atomic E-state index is -4.51. The van der Waals surface area contributed by atoms with Crippen molar-refractivity contribution >= 4 is 27.8 Å². The molecule has 0 fully saturated rings. The maximum absolute atomic E-state index is 13.2. The summed E-state index contributed by atoms with van der Waals surface area (Å²) in [5.74, 6) is -3.19. The lowest BCUT2D eigenvalue weighted by atomic mass is 9.88. The lowest BCUT2D eigenvalue weighted by Crippen LogP contribution is -2.46. The number of alkyl halides is 3. The van der Waals surface area contributed by atoms with E-state index in [1.54, 1.807) is 0 Å². The zero-order chi connectivity index (χ0) is 15.8. The van der Waals surface area contributed by atoms with E-state index in [0.29, 0.717) is 4.47 Å². The van der Waals surface area contributed by atoms with Crippen LogP contribution in [0.2, 0.25) is 0 Å². The van der Waals surface area contributed by atoms with Crippen LogP contribution in [0.5, 0.6) is 0 Å². The van der Waals surface area contributed by atoms with Gasteiger partial charge in [-0.1, -0.05) is 15.9 Å². The smallest absolute Gasteiger partial charge is 0.397 e. The molecule has 1 heterocycles. The molecule has 1 unspecified atom stereocenters. The van der Waals surface area contributed by atoms with Gasteiger partial charge >= 0.3 is 12.1 Å². The Labute approximate surface area is 127 Å². The summed E-state index contributed by atoms with van der Waals surface area (Å²) < 4.78 is 44.5. The summed E-state index contributed by atoms with van der Waals surface area (Å²) in [5.41, 5.74) is -0.126. The maximum atomic E-state index is 13.2. The number of fused-ring (bicyclic) bond motifs is 1.